The zero-order valence-corrected chi connectivity index (χ0v) is 12.9. The summed E-state index contributed by atoms with van der Waals surface area (Å²) in [5.41, 5.74) is 1.32. The third kappa shape index (κ3) is 3.32. The molecule has 0 unspecified atom stereocenters. The molecule has 2 N–H and O–H groups in total. The molecule has 0 aliphatic heterocycles. The van der Waals surface area contributed by atoms with Crippen molar-refractivity contribution in [2.24, 2.45) is 0 Å². The van der Waals surface area contributed by atoms with Crippen LogP contribution in [0.25, 0.3) is 0 Å². The second-order valence-corrected chi connectivity index (χ2v) is 6.88. The van der Waals surface area contributed by atoms with Crippen molar-refractivity contribution in [2.45, 2.75) is 25.7 Å². The summed E-state index contributed by atoms with van der Waals surface area (Å²) < 4.78 is 0. The Labute approximate surface area is 130 Å². The van der Waals surface area contributed by atoms with Gasteiger partial charge >= 0.3 is 0 Å². The lowest BCUT2D eigenvalue weighted by Crippen LogP contribution is -2.09. The van der Waals surface area contributed by atoms with Gasteiger partial charge in [0.2, 0.25) is 0 Å². The molecular weight excluding hydrogens is 304 g/mol. The fourth-order valence-electron chi connectivity index (χ4n) is 2.28. The predicted molar refractivity (Wildman–Crippen MR) is 85.0 cm³/mol. The number of anilines is 1. The van der Waals surface area contributed by atoms with Gasteiger partial charge in [0, 0.05) is 4.88 Å². The van der Waals surface area contributed by atoms with E-state index >= 15 is 0 Å². The number of thiazole rings is 1. The topological polar surface area (TPSA) is 62.2 Å². The van der Waals surface area contributed by atoms with Crippen molar-refractivity contribution in [3.63, 3.8) is 0 Å². The third-order valence-electron chi connectivity index (χ3n) is 3.24. The largest absolute Gasteiger partial charge is 0.384 e. The maximum Gasteiger partial charge on any atom is 0.267 e. The van der Waals surface area contributed by atoms with Crippen molar-refractivity contribution in [3.8, 4) is 11.8 Å². The highest BCUT2D eigenvalue weighted by molar-refractivity contribution is 7.16. The quantitative estimate of drug-likeness (QED) is 0.837. The second-order valence-electron chi connectivity index (χ2n) is 4.71. The SMILES string of the molecule is O=C(Nc1ncc(C#CCO)s1)c1cc2c(s1)CCCC2. The van der Waals surface area contributed by atoms with Gasteiger partial charge in [0.05, 0.1) is 16.0 Å². The minimum absolute atomic E-state index is 0.106. The van der Waals surface area contributed by atoms with E-state index in [9.17, 15) is 4.79 Å². The van der Waals surface area contributed by atoms with Gasteiger partial charge in [-0.3, -0.25) is 10.1 Å². The lowest BCUT2D eigenvalue weighted by atomic mass is 9.99. The molecule has 1 amide bonds. The van der Waals surface area contributed by atoms with Crippen LogP contribution in [0.1, 0.15) is 37.8 Å². The molecule has 0 saturated heterocycles. The Morgan fingerprint density at radius 3 is 3.05 bits per heavy atom. The molecule has 21 heavy (non-hydrogen) atoms. The summed E-state index contributed by atoms with van der Waals surface area (Å²) >= 11 is 2.89. The Morgan fingerprint density at radius 2 is 2.24 bits per heavy atom. The zero-order valence-electron chi connectivity index (χ0n) is 11.3. The van der Waals surface area contributed by atoms with Gasteiger partial charge in [0.25, 0.3) is 5.91 Å². The molecule has 2 aromatic heterocycles. The van der Waals surface area contributed by atoms with E-state index in [-0.39, 0.29) is 12.5 Å². The van der Waals surface area contributed by atoms with E-state index in [1.54, 1.807) is 17.5 Å². The number of hydrogen-bond donors (Lipinski definition) is 2. The van der Waals surface area contributed by atoms with Crippen molar-refractivity contribution in [1.29, 1.82) is 0 Å². The molecule has 4 nitrogen and oxygen atoms in total. The molecule has 108 valence electrons. The van der Waals surface area contributed by atoms with Crippen LogP contribution in [0.2, 0.25) is 0 Å². The zero-order chi connectivity index (χ0) is 14.7. The number of nitrogens with one attached hydrogen (secondary N) is 1. The lowest BCUT2D eigenvalue weighted by molar-refractivity contribution is 0.103. The maximum atomic E-state index is 12.2. The van der Waals surface area contributed by atoms with Crippen LogP contribution in [0, 0.1) is 11.8 Å². The number of aliphatic hydroxyl groups excluding tert-OH is 1. The first-order valence-electron chi connectivity index (χ1n) is 6.75. The number of thiophene rings is 1. The van der Waals surface area contributed by atoms with Crippen LogP contribution in [0.4, 0.5) is 5.13 Å². The predicted octanol–water partition coefficient (Wildman–Crippen LogP) is 2.68. The molecule has 1 aliphatic carbocycles. The fraction of sp³-hybridized carbons (Fsp3) is 0.333. The summed E-state index contributed by atoms with van der Waals surface area (Å²) in [6.07, 6.45) is 6.20. The van der Waals surface area contributed by atoms with Gasteiger partial charge in [-0.2, -0.15) is 0 Å². The molecule has 0 bridgehead atoms. The normalized spacial score (nSPS) is 13.2. The van der Waals surface area contributed by atoms with Crippen LogP contribution < -0.4 is 5.32 Å². The van der Waals surface area contributed by atoms with E-state index in [1.165, 1.54) is 34.6 Å². The molecular formula is C15H14N2O2S2. The molecule has 0 fully saturated rings. The highest BCUT2D eigenvalue weighted by atomic mass is 32.1. The maximum absolute atomic E-state index is 12.2. The number of aryl methyl sites for hydroxylation is 2. The van der Waals surface area contributed by atoms with E-state index in [2.05, 4.69) is 22.1 Å². The molecule has 0 radical (unpaired) electrons. The molecule has 2 heterocycles. The number of rotatable bonds is 2. The van der Waals surface area contributed by atoms with E-state index < -0.39 is 0 Å². The number of carbonyl (C=O) groups is 1. The van der Waals surface area contributed by atoms with Gasteiger partial charge in [-0.1, -0.05) is 23.2 Å². The Bertz CT molecular complexity index is 698. The number of carbonyl (C=O) groups excluding carboxylic acids is 1. The summed E-state index contributed by atoms with van der Waals surface area (Å²) in [7, 11) is 0. The molecule has 0 spiro atoms. The van der Waals surface area contributed by atoms with Crippen molar-refractivity contribution in [3.05, 3.63) is 32.5 Å². The first-order valence-corrected chi connectivity index (χ1v) is 8.38. The highest BCUT2D eigenvalue weighted by Crippen LogP contribution is 2.30. The van der Waals surface area contributed by atoms with Crippen molar-refractivity contribution < 1.29 is 9.90 Å². The minimum Gasteiger partial charge on any atom is -0.384 e. The lowest BCUT2D eigenvalue weighted by Gasteiger charge is -2.08. The Kier molecular flexibility index (Phi) is 4.34. The van der Waals surface area contributed by atoms with Gasteiger partial charge in [0.15, 0.2) is 5.13 Å². The first-order chi connectivity index (χ1) is 10.3. The van der Waals surface area contributed by atoms with Crippen LogP contribution in [0.3, 0.4) is 0 Å². The standard InChI is InChI=1S/C15H14N2O2S2/c18-7-3-5-11-9-16-15(20-11)17-14(19)13-8-10-4-1-2-6-12(10)21-13/h8-9,18H,1-2,4,6-7H2,(H,16,17,19). The second kappa shape index (κ2) is 6.39. The summed E-state index contributed by atoms with van der Waals surface area (Å²) in [4.78, 5) is 19.2. The Balaban J connectivity index is 1.71. The monoisotopic (exact) mass is 318 g/mol. The van der Waals surface area contributed by atoms with Gasteiger partial charge in [-0.05, 0) is 37.3 Å². The van der Waals surface area contributed by atoms with E-state index in [1.807, 2.05) is 6.07 Å². The first kappa shape index (κ1) is 14.3. The number of aromatic nitrogens is 1. The number of nitrogens with zero attached hydrogens (tertiary/aromatic N) is 1. The molecule has 2 aromatic rings. The summed E-state index contributed by atoms with van der Waals surface area (Å²) in [5.74, 6) is 5.23. The van der Waals surface area contributed by atoms with E-state index in [0.717, 1.165) is 22.6 Å². The van der Waals surface area contributed by atoms with Crippen LogP contribution in [-0.4, -0.2) is 22.6 Å². The fourth-order valence-corrected chi connectivity index (χ4v) is 4.11. The average molecular weight is 318 g/mol. The van der Waals surface area contributed by atoms with Gasteiger partial charge < -0.3 is 5.11 Å². The van der Waals surface area contributed by atoms with E-state index in [4.69, 9.17) is 5.11 Å². The summed E-state index contributed by atoms with van der Waals surface area (Å²) in [5, 5.41) is 12.0. The number of aliphatic hydroxyl groups is 1. The van der Waals surface area contributed by atoms with Gasteiger partial charge in [0.1, 0.15) is 6.61 Å². The van der Waals surface area contributed by atoms with Gasteiger partial charge in [-0.25, -0.2) is 4.98 Å². The summed E-state index contributed by atoms with van der Waals surface area (Å²) in [6.45, 7) is -0.180. The van der Waals surface area contributed by atoms with E-state index in [0.29, 0.717) is 5.13 Å². The highest BCUT2D eigenvalue weighted by Gasteiger charge is 2.17. The number of hydrogen-bond acceptors (Lipinski definition) is 5. The average Bonchev–Trinajstić information content (AvgIpc) is 3.11. The molecule has 0 saturated carbocycles. The van der Waals surface area contributed by atoms with Gasteiger partial charge in [-0.15, -0.1) is 11.3 Å². The Hall–Kier alpha value is -1.68. The third-order valence-corrected chi connectivity index (χ3v) is 5.30. The number of fused-ring (bicyclic) bond motifs is 1. The molecule has 0 atom stereocenters. The molecule has 0 aromatic carbocycles. The van der Waals surface area contributed by atoms with Crippen molar-refractivity contribution in [2.75, 3.05) is 11.9 Å². The van der Waals surface area contributed by atoms with Crippen molar-refractivity contribution in [1.82, 2.24) is 4.98 Å². The Morgan fingerprint density at radius 1 is 1.38 bits per heavy atom. The van der Waals surface area contributed by atoms with Crippen molar-refractivity contribution >= 4 is 33.7 Å². The van der Waals surface area contributed by atoms with Crippen LogP contribution in [0.5, 0.6) is 0 Å². The minimum atomic E-state index is -0.180. The summed E-state index contributed by atoms with van der Waals surface area (Å²) in [6, 6.07) is 2.01. The van der Waals surface area contributed by atoms with Crippen LogP contribution >= 0.6 is 22.7 Å². The smallest absolute Gasteiger partial charge is 0.267 e. The van der Waals surface area contributed by atoms with Crippen LogP contribution in [0.15, 0.2) is 12.3 Å². The molecule has 6 heteroatoms. The molecule has 3 rings (SSSR count). The molecule has 1 aliphatic rings. The number of amides is 1. The van der Waals surface area contributed by atoms with Crippen LogP contribution in [-0.2, 0) is 12.8 Å².